The second-order valence-electron chi connectivity index (χ2n) is 5.26. The van der Waals surface area contributed by atoms with Gasteiger partial charge in [-0.2, -0.15) is 0 Å². The normalized spacial score (nSPS) is 10.8. The van der Waals surface area contributed by atoms with Crippen LogP contribution in [-0.2, 0) is 0 Å². The quantitative estimate of drug-likeness (QED) is 0.615. The fraction of sp³-hybridized carbons (Fsp3) is 0.111. The third-order valence-corrected chi connectivity index (χ3v) is 3.79. The monoisotopic (exact) mass is 296 g/mol. The number of hydrogen-bond donors (Lipinski definition) is 3. The van der Waals surface area contributed by atoms with Crippen molar-refractivity contribution in [2.45, 2.75) is 13.8 Å². The number of phenols is 3. The smallest absolute Gasteiger partial charge is 0.158 e. The van der Waals surface area contributed by atoms with Crippen molar-refractivity contribution in [3.8, 4) is 39.9 Å². The van der Waals surface area contributed by atoms with Gasteiger partial charge in [0.15, 0.2) is 11.5 Å². The minimum atomic E-state index is -0.190. The first-order valence-corrected chi connectivity index (χ1v) is 6.89. The lowest BCUT2D eigenvalue weighted by atomic mass is 10.0. The molecule has 0 aliphatic rings. The summed E-state index contributed by atoms with van der Waals surface area (Å²) in [5.41, 5.74) is 3.38. The van der Waals surface area contributed by atoms with Crippen LogP contribution in [0.15, 0.2) is 46.9 Å². The van der Waals surface area contributed by atoms with Crippen molar-refractivity contribution in [3.63, 3.8) is 0 Å². The highest BCUT2D eigenvalue weighted by Gasteiger charge is 2.17. The average molecular weight is 296 g/mol. The predicted molar refractivity (Wildman–Crippen MR) is 84.0 cm³/mol. The fourth-order valence-corrected chi connectivity index (χ4v) is 2.46. The fourth-order valence-electron chi connectivity index (χ4n) is 2.46. The van der Waals surface area contributed by atoms with Crippen LogP contribution in [0, 0.1) is 13.8 Å². The Morgan fingerprint density at radius 1 is 0.727 bits per heavy atom. The molecular weight excluding hydrogens is 280 g/mol. The molecule has 0 unspecified atom stereocenters. The molecule has 0 aliphatic heterocycles. The van der Waals surface area contributed by atoms with Crippen molar-refractivity contribution in [1.82, 2.24) is 0 Å². The Labute approximate surface area is 127 Å². The van der Waals surface area contributed by atoms with E-state index in [2.05, 4.69) is 0 Å². The minimum Gasteiger partial charge on any atom is -0.508 e. The Hall–Kier alpha value is -2.88. The summed E-state index contributed by atoms with van der Waals surface area (Å²) in [7, 11) is 0. The Morgan fingerprint density at radius 3 is 1.95 bits per heavy atom. The highest BCUT2D eigenvalue weighted by Crippen LogP contribution is 2.39. The summed E-state index contributed by atoms with van der Waals surface area (Å²) in [5.74, 6) is 1.12. The molecule has 0 amide bonds. The number of rotatable bonds is 2. The topological polar surface area (TPSA) is 73.8 Å². The Kier molecular flexibility index (Phi) is 3.29. The molecule has 4 heteroatoms. The molecule has 0 spiro atoms. The minimum absolute atomic E-state index is 0.169. The lowest BCUT2D eigenvalue weighted by Gasteiger charge is -2.02. The van der Waals surface area contributed by atoms with E-state index in [4.69, 9.17) is 4.42 Å². The van der Waals surface area contributed by atoms with Crippen LogP contribution in [0.4, 0.5) is 0 Å². The van der Waals surface area contributed by atoms with Crippen molar-refractivity contribution in [1.29, 1.82) is 0 Å². The molecule has 4 nitrogen and oxygen atoms in total. The summed E-state index contributed by atoms with van der Waals surface area (Å²) >= 11 is 0. The van der Waals surface area contributed by atoms with Gasteiger partial charge in [-0.25, -0.2) is 0 Å². The predicted octanol–water partition coefficient (Wildman–Crippen LogP) is 4.35. The maximum atomic E-state index is 9.66. The molecule has 0 radical (unpaired) electrons. The third kappa shape index (κ3) is 2.29. The van der Waals surface area contributed by atoms with Gasteiger partial charge in [-0.3, -0.25) is 0 Å². The van der Waals surface area contributed by atoms with Crippen molar-refractivity contribution in [2.75, 3.05) is 0 Å². The zero-order valence-electron chi connectivity index (χ0n) is 12.3. The van der Waals surface area contributed by atoms with Crippen molar-refractivity contribution < 1.29 is 19.7 Å². The summed E-state index contributed by atoms with van der Waals surface area (Å²) in [6.07, 6.45) is 0. The summed E-state index contributed by atoms with van der Waals surface area (Å²) < 4.78 is 5.96. The molecule has 3 rings (SSSR count). The van der Waals surface area contributed by atoms with Crippen molar-refractivity contribution >= 4 is 0 Å². The SMILES string of the molecule is Cc1c(-c2cccc(O)c2)oc(-c2ccc(O)c(O)c2)c1C. The van der Waals surface area contributed by atoms with Crippen molar-refractivity contribution in [2.24, 2.45) is 0 Å². The standard InChI is InChI=1S/C18H16O4/c1-10-11(2)18(13-6-7-15(20)16(21)9-13)22-17(10)12-4-3-5-14(19)8-12/h3-9,19-21H,1-2H3. The Morgan fingerprint density at radius 2 is 1.36 bits per heavy atom. The molecule has 0 fully saturated rings. The van der Waals surface area contributed by atoms with E-state index in [9.17, 15) is 15.3 Å². The van der Waals surface area contributed by atoms with Gasteiger partial charge in [-0.15, -0.1) is 0 Å². The maximum Gasteiger partial charge on any atom is 0.158 e. The summed E-state index contributed by atoms with van der Waals surface area (Å²) in [5, 5.41) is 28.7. The molecule has 1 aromatic heterocycles. The van der Waals surface area contributed by atoms with Crippen LogP contribution < -0.4 is 0 Å². The van der Waals surface area contributed by atoms with Gasteiger partial charge in [0.05, 0.1) is 0 Å². The molecular formula is C18H16O4. The molecule has 0 aliphatic carbocycles. The molecule has 3 aromatic rings. The first-order valence-electron chi connectivity index (χ1n) is 6.89. The van der Waals surface area contributed by atoms with Crippen LogP contribution in [0.1, 0.15) is 11.1 Å². The summed E-state index contributed by atoms with van der Waals surface area (Å²) in [6, 6.07) is 11.4. The van der Waals surface area contributed by atoms with Gasteiger partial charge in [0.1, 0.15) is 17.3 Å². The van der Waals surface area contributed by atoms with Gasteiger partial charge in [0.2, 0.25) is 0 Å². The molecule has 22 heavy (non-hydrogen) atoms. The first-order chi connectivity index (χ1) is 10.5. The average Bonchev–Trinajstić information content (AvgIpc) is 2.78. The van der Waals surface area contributed by atoms with E-state index in [1.165, 1.54) is 12.1 Å². The van der Waals surface area contributed by atoms with E-state index >= 15 is 0 Å². The maximum absolute atomic E-state index is 9.66. The van der Waals surface area contributed by atoms with E-state index in [1.54, 1.807) is 24.3 Å². The van der Waals surface area contributed by atoms with E-state index in [0.717, 1.165) is 16.7 Å². The largest absolute Gasteiger partial charge is 0.508 e. The van der Waals surface area contributed by atoms with Gasteiger partial charge >= 0.3 is 0 Å². The van der Waals surface area contributed by atoms with Gasteiger partial charge in [-0.05, 0) is 55.3 Å². The number of aromatic hydroxyl groups is 3. The van der Waals surface area contributed by atoms with E-state index in [-0.39, 0.29) is 17.2 Å². The molecule has 112 valence electrons. The molecule has 3 N–H and O–H groups in total. The molecule has 0 atom stereocenters. The lowest BCUT2D eigenvalue weighted by molar-refractivity contribution is 0.404. The van der Waals surface area contributed by atoms with Crippen LogP contribution >= 0.6 is 0 Å². The van der Waals surface area contributed by atoms with Crippen LogP contribution in [0.3, 0.4) is 0 Å². The zero-order chi connectivity index (χ0) is 15.9. The summed E-state index contributed by atoms with van der Waals surface area (Å²) in [4.78, 5) is 0. The summed E-state index contributed by atoms with van der Waals surface area (Å²) in [6.45, 7) is 3.88. The molecule has 0 saturated carbocycles. The number of furan rings is 1. The Bertz CT molecular complexity index is 846. The van der Waals surface area contributed by atoms with Gasteiger partial charge in [-0.1, -0.05) is 12.1 Å². The number of benzene rings is 2. The highest BCUT2D eigenvalue weighted by molar-refractivity contribution is 5.73. The Balaban J connectivity index is 2.15. The van der Waals surface area contributed by atoms with Crippen LogP contribution in [-0.4, -0.2) is 15.3 Å². The second-order valence-corrected chi connectivity index (χ2v) is 5.26. The van der Waals surface area contributed by atoms with Crippen LogP contribution in [0.25, 0.3) is 22.6 Å². The number of phenolic OH excluding ortho intramolecular Hbond substituents is 3. The zero-order valence-corrected chi connectivity index (χ0v) is 12.3. The molecule has 0 saturated heterocycles. The first kappa shape index (κ1) is 14.1. The number of hydrogen-bond acceptors (Lipinski definition) is 4. The third-order valence-electron chi connectivity index (χ3n) is 3.79. The second kappa shape index (κ2) is 5.15. The molecule has 0 bridgehead atoms. The molecule has 1 heterocycles. The van der Waals surface area contributed by atoms with Gasteiger partial charge in [0.25, 0.3) is 0 Å². The van der Waals surface area contributed by atoms with Crippen molar-refractivity contribution in [3.05, 3.63) is 53.6 Å². The van der Waals surface area contributed by atoms with E-state index in [0.29, 0.717) is 17.1 Å². The van der Waals surface area contributed by atoms with Crippen LogP contribution in [0.5, 0.6) is 17.2 Å². The molecule has 2 aromatic carbocycles. The van der Waals surface area contributed by atoms with Gasteiger partial charge in [0, 0.05) is 11.1 Å². The van der Waals surface area contributed by atoms with Crippen LogP contribution in [0.2, 0.25) is 0 Å². The lowest BCUT2D eigenvalue weighted by Crippen LogP contribution is -1.80. The van der Waals surface area contributed by atoms with Gasteiger partial charge < -0.3 is 19.7 Å². The van der Waals surface area contributed by atoms with E-state index in [1.807, 2.05) is 19.9 Å². The highest BCUT2D eigenvalue weighted by atomic mass is 16.3. The van der Waals surface area contributed by atoms with E-state index < -0.39 is 0 Å².